The molecule has 1 aromatic carbocycles. The van der Waals surface area contributed by atoms with E-state index in [-0.39, 0.29) is 22.6 Å². The predicted molar refractivity (Wildman–Crippen MR) is 73.7 cm³/mol. The average molecular weight is 280 g/mol. The first-order chi connectivity index (χ1) is 9.15. The summed E-state index contributed by atoms with van der Waals surface area (Å²) in [6.07, 6.45) is 2.14. The zero-order valence-corrected chi connectivity index (χ0v) is 11.0. The quantitative estimate of drug-likeness (QED) is 0.818. The molecule has 0 bridgehead atoms. The normalized spacial score (nSPS) is 19.1. The van der Waals surface area contributed by atoms with Gasteiger partial charge in [-0.3, -0.25) is 9.36 Å². The first-order valence-corrected chi connectivity index (χ1v) is 6.65. The van der Waals surface area contributed by atoms with Crippen molar-refractivity contribution in [1.82, 2.24) is 14.9 Å². The van der Waals surface area contributed by atoms with Gasteiger partial charge in [-0.2, -0.15) is 0 Å². The van der Waals surface area contributed by atoms with Gasteiger partial charge in [0, 0.05) is 12.6 Å². The lowest BCUT2D eigenvalue weighted by molar-refractivity contribution is 0.475. The Labute approximate surface area is 114 Å². The van der Waals surface area contributed by atoms with Crippen LogP contribution in [0.4, 0.5) is 0 Å². The molecule has 0 spiro atoms. The number of hydrogen-bond acceptors (Lipinski definition) is 4. The van der Waals surface area contributed by atoms with Crippen LogP contribution < -0.4 is 10.9 Å². The number of aromatic nitrogens is 2. The van der Waals surface area contributed by atoms with Gasteiger partial charge in [0.05, 0.1) is 10.9 Å². The highest BCUT2D eigenvalue weighted by molar-refractivity contribution is 6.28. The summed E-state index contributed by atoms with van der Waals surface area (Å²) in [5.74, 6) is 0.0549. The average Bonchev–Trinajstić information content (AvgIpc) is 2.89. The lowest BCUT2D eigenvalue weighted by atomic mass is 10.2. The van der Waals surface area contributed by atoms with E-state index < -0.39 is 0 Å². The first-order valence-electron chi connectivity index (χ1n) is 6.27. The van der Waals surface area contributed by atoms with Crippen LogP contribution in [0.3, 0.4) is 0 Å². The molecule has 1 aromatic heterocycles. The smallest absolute Gasteiger partial charge is 0.262 e. The summed E-state index contributed by atoms with van der Waals surface area (Å²) in [5, 5.41) is 13.4. The summed E-state index contributed by atoms with van der Waals surface area (Å²) in [7, 11) is 0. The number of fused-ring (bicyclic) bond motifs is 1. The number of aromatic hydroxyl groups is 1. The maximum absolute atomic E-state index is 12.4. The molecule has 1 unspecified atom stereocenters. The molecule has 0 amide bonds. The molecular formula is C13H14ClN3O2. The topological polar surface area (TPSA) is 67.1 Å². The molecule has 100 valence electrons. The molecule has 3 rings (SSSR count). The summed E-state index contributed by atoms with van der Waals surface area (Å²) in [4.78, 5) is 16.6. The van der Waals surface area contributed by atoms with Gasteiger partial charge in [0.25, 0.3) is 5.56 Å². The van der Waals surface area contributed by atoms with Crippen molar-refractivity contribution >= 4 is 22.5 Å². The minimum absolute atomic E-state index is 0.0549. The lowest BCUT2D eigenvalue weighted by Gasteiger charge is -2.14. The van der Waals surface area contributed by atoms with Gasteiger partial charge in [-0.25, -0.2) is 4.98 Å². The van der Waals surface area contributed by atoms with E-state index in [1.54, 1.807) is 6.07 Å². The molecule has 1 fully saturated rings. The third-order valence-electron chi connectivity index (χ3n) is 3.46. The molecule has 1 aliphatic rings. The second-order valence-corrected chi connectivity index (χ2v) is 5.13. The summed E-state index contributed by atoms with van der Waals surface area (Å²) >= 11 is 6.09. The van der Waals surface area contributed by atoms with Crippen LogP contribution in [0.2, 0.25) is 5.28 Å². The van der Waals surface area contributed by atoms with Crippen LogP contribution in [-0.2, 0) is 6.54 Å². The summed E-state index contributed by atoms with van der Waals surface area (Å²) in [6.45, 7) is 1.48. The second kappa shape index (κ2) is 4.83. The molecule has 1 aliphatic heterocycles. The standard InChI is InChI=1S/C13H14ClN3O2/c14-13-16-11-4-3-9(18)6-10(11)12(19)17(13)7-8-2-1-5-15-8/h3-4,6,8,15,18H,1-2,5,7H2. The number of phenolic OH excluding ortho intramolecular Hbond substituents is 1. The molecule has 19 heavy (non-hydrogen) atoms. The van der Waals surface area contributed by atoms with E-state index in [0.29, 0.717) is 17.4 Å². The van der Waals surface area contributed by atoms with Gasteiger partial charge in [-0.05, 0) is 49.2 Å². The Morgan fingerprint density at radius 2 is 2.37 bits per heavy atom. The van der Waals surface area contributed by atoms with Gasteiger partial charge in [0.15, 0.2) is 0 Å². The van der Waals surface area contributed by atoms with E-state index in [1.807, 2.05) is 0 Å². The summed E-state index contributed by atoms with van der Waals surface area (Å²) in [5.41, 5.74) is 0.294. The zero-order valence-electron chi connectivity index (χ0n) is 10.3. The first kappa shape index (κ1) is 12.4. The molecule has 0 saturated carbocycles. The number of nitrogens with one attached hydrogen (secondary N) is 1. The number of phenols is 1. The maximum atomic E-state index is 12.4. The summed E-state index contributed by atoms with van der Waals surface area (Å²) < 4.78 is 1.46. The Morgan fingerprint density at radius 1 is 1.53 bits per heavy atom. The van der Waals surface area contributed by atoms with E-state index >= 15 is 0 Å². The van der Waals surface area contributed by atoms with Crippen molar-refractivity contribution in [2.75, 3.05) is 6.54 Å². The SMILES string of the molecule is O=c1c2cc(O)ccc2nc(Cl)n1CC1CCCN1. The molecule has 0 radical (unpaired) electrons. The lowest BCUT2D eigenvalue weighted by Crippen LogP contribution is -2.33. The Kier molecular flexibility index (Phi) is 3.16. The van der Waals surface area contributed by atoms with Crippen molar-refractivity contribution in [3.05, 3.63) is 33.8 Å². The molecular weight excluding hydrogens is 266 g/mol. The Morgan fingerprint density at radius 3 is 3.11 bits per heavy atom. The highest BCUT2D eigenvalue weighted by Crippen LogP contribution is 2.18. The van der Waals surface area contributed by atoms with E-state index in [4.69, 9.17) is 11.6 Å². The van der Waals surface area contributed by atoms with Crippen LogP contribution in [0.25, 0.3) is 10.9 Å². The molecule has 0 aliphatic carbocycles. The number of hydrogen-bond donors (Lipinski definition) is 2. The van der Waals surface area contributed by atoms with Gasteiger partial charge in [-0.1, -0.05) is 0 Å². The third-order valence-corrected chi connectivity index (χ3v) is 3.75. The van der Waals surface area contributed by atoms with E-state index in [9.17, 15) is 9.90 Å². The number of benzene rings is 1. The number of halogens is 1. The van der Waals surface area contributed by atoms with Crippen molar-refractivity contribution in [2.45, 2.75) is 25.4 Å². The number of rotatable bonds is 2. The van der Waals surface area contributed by atoms with Crippen molar-refractivity contribution in [1.29, 1.82) is 0 Å². The van der Waals surface area contributed by atoms with Crippen LogP contribution in [0.1, 0.15) is 12.8 Å². The van der Waals surface area contributed by atoms with Crippen LogP contribution in [0.5, 0.6) is 5.75 Å². The molecule has 2 heterocycles. The van der Waals surface area contributed by atoms with Crippen LogP contribution in [0, 0.1) is 0 Å². The predicted octanol–water partition coefficient (Wildman–Crippen LogP) is 1.51. The Balaban J connectivity index is 2.10. The molecule has 1 saturated heterocycles. The van der Waals surface area contributed by atoms with Crippen LogP contribution in [0.15, 0.2) is 23.0 Å². The molecule has 6 heteroatoms. The third kappa shape index (κ3) is 2.31. The zero-order chi connectivity index (χ0) is 13.4. The van der Waals surface area contributed by atoms with Crippen LogP contribution in [-0.4, -0.2) is 27.2 Å². The largest absolute Gasteiger partial charge is 0.508 e. The summed E-state index contributed by atoms with van der Waals surface area (Å²) in [6, 6.07) is 4.77. The van der Waals surface area contributed by atoms with Crippen molar-refractivity contribution in [3.8, 4) is 5.75 Å². The van der Waals surface area contributed by atoms with Crippen molar-refractivity contribution < 1.29 is 5.11 Å². The van der Waals surface area contributed by atoms with E-state index in [0.717, 1.165) is 19.4 Å². The van der Waals surface area contributed by atoms with Gasteiger partial charge in [-0.15, -0.1) is 0 Å². The minimum Gasteiger partial charge on any atom is -0.508 e. The highest BCUT2D eigenvalue weighted by atomic mass is 35.5. The molecule has 5 nitrogen and oxygen atoms in total. The molecule has 2 aromatic rings. The fraction of sp³-hybridized carbons (Fsp3) is 0.385. The molecule has 1 atom stereocenters. The number of nitrogens with zero attached hydrogens (tertiary/aromatic N) is 2. The molecule has 2 N–H and O–H groups in total. The highest BCUT2D eigenvalue weighted by Gasteiger charge is 2.18. The van der Waals surface area contributed by atoms with Gasteiger partial charge < -0.3 is 10.4 Å². The van der Waals surface area contributed by atoms with Gasteiger partial charge in [0.2, 0.25) is 5.28 Å². The van der Waals surface area contributed by atoms with E-state index in [1.165, 1.54) is 16.7 Å². The van der Waals surface area contributed by atoms with Gasteiger partial charge >= 0.3 is 0 Å². The fourth-order valence-corrected chi connectivity index (χ4v) is 2.71. The maximum Gasteiger partial charge on any atom is 0.262 e. The van der Waals surface area contributed by atoms with Crippen molar-refractivity contribution in [3.63, 3.8) is 0 Å². The second-order valence-electron chi connectivity index (χ2n) is 4.79. The van der Waals surface area contributed by atoms with Crippen molar-refractivity contribution in [2.24, 2.45) is 0 Å². The van der Waals surface area contributed by atoms with Crippen LogP contribution >= 0.6 is 11.6 Å². The Bertz CT molecular complexity index is 677. The van der Waals surface area contributed by atoms with Gasteiger partial charge in [0.1, 0.15) is 5.75 Å². The monoisotopic (exact) mass is 279 g/mol. The minimum atomic E-state index is -0.209. The fourth-order valence-electron chi connectivity index (χ4n) is 2.47. The van der Waals surface area contributed by atoms with E-state index in [2.05, 4.69) is 10.3 Å². The Hall–Kier alpha value is -1.59.